The summed E-state index contributed by atoms with van der Waals surface area (Å²) >= 11 is 0. The van der Waals surface area contributed by atoms with Crippen molar-refractivity contribution >= 4 is 15.7 Å². The lowest BCUT2D eigenvalue weighted by molar-refractivity contribution is -0.114. The molecule has 192 valence electrons. The smallest absolute Gasteiger partial charge is 0.451 e. The van der Waals surface area contributed by atoms with Crippen LogP contribution in [0.25, 0.3) is 5.57 Å². The van der Waals surface area contributed by atoms with Crippen molar-refractivity contribution in [3.8, 4) is 5.75 Å². The highest BCUT2D eigenvalue weighted by Crippen LogP contribution is 2.39. The van der Waals surface area contributed by atoms with Gasteiger partial charge in [-0.1, -0.05) is 60.2 Å². The summed E-state index contributed by atoms with van der Waals surface area (Å²) in [7, 11) is -4.78. The van der Waals surface area contributed by atoms with Gasteiger partial charge >= 0.3 is 16.3 Å². The van der Waals surface area contributed by atoms with Crippen molar-refractivity contribution in [2.45, 2.75) is 18.0 Å². The highest BCUT2D eigenvalue weighted by atomic mass is 32.2. The minimum Gasteiger partial charge on any atom is -0.492 e. The van der Waals surface area contributed by atoms with E-state index < -0.39 is 27.6 Å². The van der Waals surface area contributed by atoms with Crippen LogP contribution in [0.1, 0.15) is 16.7 Å². The minimum atomic E-state index is -5.11. The lowest BCUT2D eigenvalue weighted by Gasteiger charge is -2.19. The van der Waals surface area contributed by atoms with Gasteiger partial charge in [-0.15, -0.1) is 0 Å². The molecule has 0 fully saturated rings. The first-order chi connectivity index (χ1) is 17.1. The number of hydrogen-bond donors (Lipinski definition) is 2. The standard InChI is InChI=1S/C26H26F3NO5S/c1-19-7-13-23(14-8-19)36(32,33)35-25(26(27,28)29)24(20-5-3-2-4-6-20)21-9-11-22(12-10-21)34-18-16-30-15-17-31/h2-14,30-31H,15-18H2,1H3/b25-24-. The van der Waals surface area contributed by atoms with Crippen LogP contribution in [0.3, 0.4) is 0 Å². The molecule has 0 aliphatic carbocycles. The Labute approximate surface area is 208 Å². The SMILES string of the molecule is Cc1ccc(S(=O)(=O)O/C(=C(/c2ccccc2)c2ccc(OCCNCCO)cc2)C(F)(F)F)cc1. The van der Waals surface area contributed by atoms with Crippen molar-refractivity contribution < 1.29 is 35.6 Å². The Bertz CT molecular complexity index is 1260. The van der Waals surface area contributed by atoms with Gasteiger partial charge < -0.3 is 19.3 Å². The minimum absolute atomic E-state index is 0.00740. The number of alkyl halides is 3. The zero-order valence-corrected chi connectivity index (χ0v) is 20.3. The molecule has 0 aliphatic heterocycles. The number of nitrogens with one attached hydrogen (secondary N) is 1. The molecule has 2 N–H and O–H groups in total. The van der Waals surface area contributed by atoms with Gasteiger partial charge in [0.15, 0.2) is 0 Å². The van der Waals surface area contributed by atoms with Crippen LogP contribution in [0.15, 0.2) is 89.5 Å². The summed E-state index contributed by atoms with van der Waals surface area (Å²) in [4.78, 5) is -0.388. The number of aliphatic hydroxyl groups is 1. The van der Waals surface area contributed by atoms with Crippen molar-refractivity contribution in [2.24, 2.45) is 0 Å². The van der Waals surface area contributed by atoms with Gasteiger partial charge in [0.2, 0.25) is 5.76 Å². The lowest BCUT2D eigenvalue weighted by atomic mass is 9.96. The maximum absolute atomic E-state index is 14.3. The van der Waals surface area contributed by atoms with E-state index in [1.54, 1.807) is 25.1 Å². The van der Waals surface area contributed by atoms with Gasteiger partial charge in [-0.2, -0.15) is 21.6 Å². The quantitative estimate of drug-likeness (QED) is 0.217. The highest BCUT2D eigenvalue weighted by molar-refractivity contribution is 7.86. The molecule has 0 amide bonds. The molecule has 6 nitrogen and oxygen atoms in total. The summed E-state index contributed by atoms with van der Waals surface area (Å²) in [6.07, 6.45) is -5.11. The van der Waals surface area contributed by atoms with Gasteiger partial charge in [0.05, 0.1) is 6.61 Å². The lowest BCUT2D eigenvalue weighted by Crippen LogP contribution is -2.23. The maximum Gasteiger partial charge on any atom is 0.451 e. The summed E-state index contributed by atoms with van der Waals surface area (Å²) in [6.45, 7) is 2.89. The van der Waals surface area contributed by atoms with Gasteiger partial charge in [0.25, 0.3) is 0 Å². The van der Waals surface area contributed by atoms with E-state index >= 15 is 0 Å². The molecule has 0 spiro atoms. The molecule has 0 unspecified atom stereocenters. The fourth-order valence-electron chi connectivity index (χ4n) is 3.29. The summed E-state index contributed by atoms with van der Waals surface area (Å²) in [5, 5.41) is 11.7. The summed E-state index contributed by atoms with van der Waals surface area (Å²) < 4.78 is 78.9. The average molecular weight is 522 g/mol. The van der Waals surface area contributed by atoms with Crippen molar-refractivity contribution in [3.63, 3.8) is 0 Å². The van der Waals surface area contributed by atoms with Gasteiger partial charge in [0, 0.05) is 18.7 Å². The van der Waals surface area contributed by atoms with Crippen LogP contribution in [-0.2, 0) is 14.3 Å². The number of allylic oxidation sites excluding steroid dienone is 1. The maximum atomic E-state index is 14.3. The summed E-state index contributed by atoms with van der Waals surface area (Å²) in [5.74, 6) is -1.23. The van der Waals surface area contributed by atoms with E-state index in [-0.39, 0.29) is 29.2 Å². The summed E-state index contributed by atoms with van der Waals surface area (Å²) in [5.41, 5.74) is 0.552. The van der Waals surface area contributed by atoms with Gasteiger partial charge in [0.1, 0.15) is 17.3 Å². The zero-order chi connectivity index (χ0) is 26.2. The number of hydrogen-bond acceptors (Lipinski definition) is 6. The molecule has 10 heteroatoms. The second-order valence-electron chi connectivity index (χ2n) is 7.76. The van der Waals surface area contributed by atoms with Gasteiger partial charge in [-0.05, 0) is 42.3 Å². The number of aryl methyl sites for hydroxylation is 1. The van der Waals surface area contributed by atoms with Crippen molar-refractivity contribution in [2.75, 3.05) is 26.3 Å². The number of halogens is 3. The Kier molecular flexibility index (Phi) is 9.14. The topological polar surface area (TPSA) is 84.9 Å². The fourth-order valence-corrected chi connectivity index (χ4v) is 4.25. The fraction of sp³-hybridized carbons (Fsp3) is 0.231. The number of benzene rings is 3. The van der Waals surface area contributed by atoms with E-state index in [9.17, 15) is 21.6 Å². The first-order valence-electron chi connectivity index (χ1n) is 11.0. The molecule has 0 radical (unpaired) electrons. The van der Waals surface area contributed by atoms with Gasteiger partial charge in [-0.25, -0.2) is 0 Å². The van der Waals surface area contributed by atoms with Gasteiger partial charge in [-0.3, -0.25) is 0 Å². The average Bonchev–Trinajstić information content (AvgIpc) is 2.85. The normalized spacial score (nSPS) is 12.7. The van der Waals surface area contributed by atoms with Crippen molar-refractivity contribution in [1.82, 2.24) is 5.32 Å². The molecule has 0 bridgehead atoms. The molecule has 0 aromatic heterocycles. The predicted octanol–water partition coefficient (Wildman–Crippen LogP) is 4.68. The molecule has 0 aliphatic rings. The first kappa shape index (κ1) is 27.3. The van der Waals surface area contributed by atoms with Crippen LogP contribution in [0.4, 0.5) is 13.2 Å². The van der Waals surface area contributed by atoms with E-state index in [1.807, 2.05) is 0 Å². The molecule has 36 heavy (non-hydrogen) atoms. The third-order valence-corrected chi connectivity index (χ3v) is 6.26. The number of ether oxygens (including phenoxy) is 1. The number of rotatable bonds is 11. The van der Waals surface area contributed by atoms with Crippen molar-refractivity contribution in [1.29, 1.82) is 0 Å². The molecule has 3 aromatic carbocycles. The molecular weight excluding hydrogens is 495 g/mol. The molecule has 3 aromatic rings. The van der Waals surface area contributed by atoms with E-state index in [0.29, 0.717) is 18.8 Å². The van der Waals surface area contributed by atoms with E-state index in [1.165, 1.54) is 60.7 Å². The molecule has 3 rings (SSSR count). The van der Waals surface area contributed by atoms with Crippen LogP contribution in [0, 0.1) is 6.92 Å². The zero-order valence-electron chi connectivity index (χ0n) is 19.5. The second-order valence-corrected chi connectivity index (χ2v) is 9.31. The monoisotopic (exact) mass is 521 g/mol. The Morgan fingerprint density at radius 1 is 0.889 bits per heavy atom. The molecule has 0 atom stereocenters. The Morgan fingerprint density at radius 3 is 2.08 bits per heavy atom. The van der Waals surface area contributed by atoms with E-state index in [2.05, 4.69) is 5.32 Å². The van der Waals surface area contributed by atoms with Crippen LogP contribution >= 0.6 is 0 Å². The Morgan fingerprint density at radius 2 is 1.50 bits per heavy atom. The predicted molar refractivity (Wildman–Crippen MR) is 130 cm³/mol. The molecular formula is C26H26F3NO5S. The third kappa shape index (κ3) is 7.33. The second kappa shape index (κ2) is 12.1. The molecule has 0 saturated carbocycles. The Hall–Kier alpha value is -3.34. The largest absolute Gasteiger partial charge is 0.492 e. The first-order valence-corrected chi connectivity index (χ1v) is 12.5. The van der Waals surface area contributed by atoms with Crippen LogP contribution in [-0.4, -0.2) is 46.0 Å². The third-order valence-electron chi connectivity index (χ3n) is 5.03. The number of aliphatic hydroxyl groups excluding tert-OH is 1. The Balaban J connectivity index is 2.03. The molecule has 0 heterocycles. The van der Waals surface area contributed by atoms with E-state index in [0.717, 1.165) is 5.56 Å². The van der Waals surface area contributed by atoms with Crippen LogP contribution in [0.5, 0.6) is 5.75 Å². The molecule has 0 saturated heterocycles. The van der Waals surface area contributed by atoms with Crippen molar-refractivity contribution in [3.05, 3.63) is 101 Å². The summed E-state index contributed by atoms with van der Waals surface area (Å²) in [6, 6.07) is 18.8. The highest BCUT2D eigenvalue weighted by Gasteiger charge is 2.42. The van der Waals surface area contributed by atoms with E-state index in [4.69, 9.17) is 14.0 Å². The van der Waals surface area contributed by atoms with Crippen LogP contribution < -0.4 is 10.1 Å². The van der Waals surface area contributed by atoms with Crippen LogP contribution in [0.2, 0.25) is 0 Å².